The molecule has 0 fully saturated rings. The first-order valence-corrected chi connectivity index (χ1v) is 9.91. The number of methoxy groups -OCH3 is 1. The third kappa shape index (κ3) is 2.86. The molecule has 1 amide bonds. The summed E-state index contributed by atoms with van der Waals surface area (Å²) in [5.41, 5.74) is 4.37. The van der Waals surface area contributed by atoms with Gasteiger partial charge in [0.15, 0.2) is 0 Å². The van der Waals surface area contributed by atoms with E-state index in [0.29, 0.717) is 6.54 Å². The van der Waals surface area contributed by atoms with Gasteiger partial charge in [-0.3, -0.25) is 4.79 Å². The average molecular weight is 366 g/mol. The van der Waals surface area contributed by atoms with Crippen LogP contribution in [0.1, 0.15) is 21.6 Å². The minimum atomic E-state index is 0.0854. The van der Waals surface area contributed by atoms with Crippen molar-refractivity contribution in [3.05, 3.63) is 59.3 Å². The van der Waals surface area contributed by atoms with Crippen molar-refractivity contribution in [3.8, 4) is 5.75 Å². The Morgan fingerprint density at radius 1 is 1.12 bits per heavy atom. The Hall–Kier alpha value is -2.40. The number of carbonyl (C=O) groups is 1. The fraction of sp³-hybridized carbons (Fsp3) is 0.286. The predicted molar refractivity (Wildman–Crippen MR) is 106 cm³/mol. The van der Waals surface area contributed by atoms with E-state index in [1.165, 1.54) is 16.0 Å². The fourth-order valence-electron chi connectivity index (χ4n) is 3.65. The summed E-state index contributed by atoms with van der Waals surface area (Å²) in [6.07, 6.45) is 3.00. The number of amides is 1. The molecule has 1 aromatic heterocycles. The molecular weight excluding hydrogens is 344 g/mol. The second kappa shape index (κ2) is 6.72. The van der Waals surface area contributed by atoms with E-state index in [1.54, 1.807) is 18.9 Å². The van der Waals surface area contributed by atoms with Gasteiger partial charge in [0.1, 0.15) is 11.4 Å². The molecule has 0 radical (unpaired) electrons. The van der Waals surface area contributed by atoms with Crippen molar-refractivity contribution in [2.75, 3.05) is 19.9 Å². The van der Waals surface area contributed by atoms with E-state index in [0.717, 1.165) is 35.3 Å². The van der Waals surface area contributed by atoms with Crippen molar-refractivity contribution in [2.24, 2.45) is 7.05 Å². The average Bonchev–Trinajstić information content (AvgIpc) is 3.02. The van der Waals surface area contributed by atoms with Gasteiger partial charge >= 0.3 is 0 Å². The van der Waals surface area contributed by atoms with E-state index in [4.69, 9.17) is 4.74 Å². The fourth-order valence-corrected chi connectivity index (χ4v) is 4.12. The summed E-state index contributed by atoms with van der Waals surface area (Å²) >= 11 is 1.76. The first kappa shape index (κ1) is 17.0. The van der Waals surface area contributed by atoms with Crippen LogP contribution >= 0.6 is 11.8 Å². The van der Waals surface area contributed by atoms with Crippen LogP contribution in [-0.2, 0) is 20.0 Å². The Balaban J connectivity index is 1.63. The summed E-state index contributed by atoms with van der Waals surface area (Å²) in [6, 6.07) is 14.4. The number of ether oxygens (including phenoxy) is 1. The molecule has 134 valence electrons. The molecule has 0 N–H and O–H groups in total. The molecule has 5 heteroatoms. The Labute approximate surface area is 157 Å². The van der Waals surface area contributed by atoms with Crippen molar-refractivity contribution in [1.29, 1.82) is 0 Å². The monoisotopic (exact) mass is 366 g/mol. The standard InChI is InChI=1S/C21H22N2O2S/c1-22-19-7-5-17(25-2)10-16(19)12-20(22)21(24)23-9-8-14-11-18(26-3)6-4-15(14)13-23/h4-7,10-12H,8-9,13H2,1-3H3. The van der Waals surface area contributed by atoms with E-state index >= 15 is 0 Å². The lowest BCUT2D eigenvalue weighted by molar-refractivity contribution is 0.0725. The van der Waals surface area contributed by atoms with Gasteiger partial charge in [0, 0.05) is 35.9 Å². The summed E-state index contributed by atoms with van der Waals surface area (Å²) in [7, 11) is 3.61. The molecule has 4 rings (SSSR count). The highest BCUT2D eigenvalue weighted by molar-refractivity contribution is 7.98. The van der Waals surface area contributed by atoms with Crippen LogP contribution in [0.5, 0.6) is 5.75 Å². The van der Waals surface area contributed by atoms with Gasteiger partial charge in [0.2, 0.25) is 0 Å². The lowest BCUT2D eigenvalue weighted by Gasteiger charge is -2.29. The van der Waals surface area contributed by atoms with Crippen molar-refractivity contribution in [2.45, 2.75) is 17.9 Å². The van der Waals surface area contributed by atoms with Crippen molar-refractivity contribution < 1.29 is 9.53 Å². The van der Waals surface area contributed by atoms with Crippen LogP contribution in [-0.4, -0.2) is 35.3 Å². The van der Waals surface area contributed by atoms with Crippen LogP contribution in [0.15, 0.2) is 47.4 Å². The quantitative estimate of drug-likeness (QED) is 0.655. The first-order valence-electron chi connectivity index (χ1n) is 8.69. The SMILES string of the molecule is COc1ccc2c(c1)cc(C(=O)N1CCc3cc(SC)ccc3C1)n2C. The predicted octanol–water partition coefficient (Wildman–Crippen LogP) is 4.11. The van der Waals surface area contributed by atoms with Gasteiger partial charge in [-0.2, -0.15) is 0 Å². The maximum absolute atomic E-state index is 13.1. The molecule has 4 nitrogen and oxygen atoms in total. The van der Waals surface area contributed by atoms with Crippen LogP contribution in [0.3, 0.4) is 0 Å². The summed E-state index contributed by atoms with van der Waals surface area (Å²) in [5, 5.41) is 1.03. The number of hydrogen-bond donors (Lipinski definition) is 0. The van der Waals surface area contributed by atoms with Crippen molar-refractivity contribution in [1.82, 2.24) is 9.47 Å². The molecule has 0 unspecified atom stereocenters. The first-order chi connectivity index (χ1) is 12.6. The number of benzene rings is 2. The van der Waals surface area contributed by atoms with Gasteiger partial charge in [-0.25, -0.2) is 0 Å². The number of nitrogens with zero attached hydrogens (tertiary/aromatic N) is 2. The van der Waals surface area contributed by atoms with Gasteiger partial charge in [-0.15, -0.1) is 11.8 Å². The van der Waals surface area contributed by atoms with Crippen LogP contribution < -0.4 is 4.74 Å². The Bertz CT molecular complexity index is 993. The number of fused-ring (bicyclic) bond motifs is 2. The van der Waals surface area contributed by atoms with Crippen molar-refractivity contribution >= 4 is 28.6 Å². The summed E-state index contributed by atoms with van der Waals surface area (Å²) < 4.78 is 7.28. The second-order valence-electron chi connectivity index (χ2n) is 6.62. The Morgan fingerprint density at radius 2 is 1.96 bits per heavy atom. The van der Waals surface area contributed by atoms with Gasteiger partial charge < -0.3 is 14.2 Å². The molecule has 0 atom stereocenters. The number of aromatic nitrogens is 1. The Kier molecular flexibility index (Phi) is 4.41. The molecule has 0 saturated heterocycles. The van der Waals surface area contributed by atoms with E-state index in [1.807, 2.05) is 40.8 Å². The second-order valence-corrected chi connectivity index (χ2v) is 7.50. The summed E-state index contributed by atoms with van der Waals surface area (Å²) in [5.74, 6) is 0.890. The third-order valence-corrected chi connectivity index (χ3v) is 5.91. The molecule has 1 aliphatic rings. The molecule has 3 aromatic rings. The van der Waals surface area contributed by atoms with Gasteiger partial charge in [0.25, 0.3) is 5.91 Å². The van der Waals surface area contributed by atoms with Crippen LogP contribution in [0.25, 0.3) is 10.9 Å². The minimum absolute atomic E-state index is 0.0854. The summed E-state index contributed by atoms with van der Waals surface area (Å²) in [6.45, 7) is 1.43. The molecule has 2 aromatic carbocycles. The highest BCUT2D eigenvalue weighted by Crippen LogP contribution is 2.28. The lowest BCUT2D eigenvalue weighted by Crippen LogP contribution is -2.36. The molecule has 2 heterocycles. The van der Waals surface area contributed by atoms with Gasteiger partial charge in [-0.1, -0.05) is 6.07 Å². The number of hydrogen-bond acceptors (Lipinski definition) is 3. The number of carbonyl (C=O) groups excluding carboxylic acids is 1. The normalized spacial score (nSPS) is 13.7. The van der Waals surface area contributed by atoms with Gasteiger partial charge in [0.05, 0.1) is 7.11 Å². The van der Waals surface area contributed by atoms with Crippen LogP contribution in [0.4, 0.5) is 0 Å². The molecule has 0 spiro atoms. The zero-order valence-electron chi connectivity index (χ0n) is 15.3. The summed E-state index contributed by atoms with van der Waals surface area (Å²) in [4.78, 5) is 16.4. The minimum Gasteiger partial charge on any atom is -0.497 e. The highest BCUT2D eigenvalue weighted by atomic mass is 32.2. The zero-order valence-corrected chi connectivity index (χ0v) is 16.1. The highest BCUT2D eigenvalue weighted by Gasteiger charge is 2.24. The Morgan fingerprint density at radius 3 is 2.73 bits per heavy atom. The van der Waals surface area contributed by atoms with Crippen LogP contribution in [0.2, 0.25) is 0 Å². The molecule has 0 bridgehead atoms. The maximum atomic E-state index is 13.1. The molecular formula is C21H22N2O2S. The zero-order chi connectivity index (χ0) is 18.3. The van der Waals surface area contributed by atoms with E-state index in [9.17, 15) is 4.79 Å². The maximum Gasteiger partial charge on any atom is 0.270 e. The van der Waals surface area contributed by atoms with Gasteiger partial charge in [-0.05, 0) is 60.2 Å². The molecule has 1 aliphatic heterocycles. The number of thioether (sulfide) groups is 1. The van der Waals surface area contributed by atoms with E-state index < -0.39 is 0 Å². The molecule has 0 aliphatic carbocycles. The number of aryl methyl sites for hydroxylation is 1. The largest absolute Gasteiger partial charge is 0.497 e. The molecule has 26 heavy (non-hydrogen) atoms. The third-order valence-electron chi connectivity index (χ3n) is 5.18. The molecule has 0 saturated carbocycles. The topological polar surface area (TPSA) is 34.5 Å². The van der Waals surface area contributed by atoms with Crippen LogP contribution in [0, 0.1) is 0 Å². The smallest absolute Gasteiger partial charge is 0.270 e. The van der Waals surface area contributed by atoms with E-state index in [-0.39, 0.29) is 5.91 Å². The van der Waals surface area contributed by atoms with E-state index in [2.05, 4.69) is 24.5 Å². The lowest BCUT2D eigenvalue weighted by atomic mass is 9.99. The van der Waals surface area contributed by atoms with Crippen molar-refractivity contribution in [3.63, 3.8) is 0 Å². The number of rotatable bonds is 3.